The van der Waals surface area contributed by atoms with Crippen LogP contribution >= 0.6 is 0 Å². The van der Waals surface area contributed by atoms with E-state index in [1.165, 1.54) is 4.90 Å². The third-order valence-corrected chi connectivity index (χ3v) is 3.32. The van der Waals surface area contributed by atoms with Gasteiger partial charge in [0.05, 0.1) is 6.04 Å². The van der Waals surface area contributed by atoms with Crippen LogP contribution in [0, 0.1) is 5.92 Å². The van der Waals surface area contributed by atoms with Crippen LogP contribution < -0.4 is 0 Å². The maximum atomic E-state index is 12.3. The van der Waals surface area contributed by atoms with Gasteiger partial charge in [-0.3, -0.25) is 4.79 Å². The van der Waals surface area contributed by atoms with Crippen LogP contribution in [0.15, 0.2) is 30.3 Å². The maximum absolute atomic E-state index is 12.3. The third-order valence-electron chi connectivity index (χ3n) is 3.32. The molecule has 0 N–H and O–H groups in total. The van der Waals surface area contributed by atoms with Crippen LogP contribution in [-0.2, 0) is 9.53 Å². The topological polar surface area (TPSA) is 46.6 Å². The van der Waals surface area contributed by atoms with Gasteiger partial charge in [-0.15, -0.1) is 0 Å². The first-order chi connectivity index (χ1) is 9.29. The number of hydrogen-bond acceptors (Lipinski definition) is 3. The Hall–Kier alpha value is -1.84. The van der Waals surface area contributed by atoms with Crippen LogP contribution in [0.25, 0.3) is 0 Å². The molecule has 0 bridgehead atoms. The van der Waals surface area contributed by atoms with Crippen LogP contribution in [-0.4, -0.2) is 22.5 Å². The van der Waals surface area contributed by atoms with Gasteiger partial charge in [0.15, 0.2) is 0 Å². The van der Waals surface area contributed by atoms with E-state index in [2.05, 4.69) is 0 Å². The quantitative estimate of drug-likeness (QED) is 0.787. The highest BCUT2D eigenvalue weighted by molar-refractivity contribution is 5.95. The molecular weight excluding hydrogens is 254 g/mol. The van der Waals surface area contributed by atoms with Crippen molar-refractivity contribution >= 4 is 12.0 Å². The smallest absolute Gasteiger partial charge is 0.417 e. The minimum Gasteiger partial charge on any atom is -0.443 e. The lowest BCUT2D eigenvalue weighted by Gasteiger charge is -2.27. The van der Waals surface area contributed by atoms with Crippen LogP contribution in [0.3, 0.4) is 0 Å². The molecule has 20 heavy (non-hydrogen) atoms. The fourth-order valence-electron chi connectivity index (χ4n) is 2.42. The summed E-state index contributed by atoms with van der Waals surface area (Å²) in [6.45, 7) is 7.24. The zero-order valence-electron chi connectivity index (χ0n) is 12.4. The maximum Gasteiger partial charge on any atom is 0.417 e. The SMILES string of the molecule is C[C@H]1C[C@H](c2ccccc2)N(C(=O)OC(C)(C)C)C1=O. The molecule has 1 heterocycles. The molecule has 2 rings (SSSR count). The van der Waals surface area contributed by atoms with Gasteiger partial charge < -0.3 is 4.74 Å². The Kier molecular flexibility index (Phi) is 3.84. The number of carbonyl (C=O) groups is 2. The first-order valence-corrected chi connectivity index (χ1v) is 6.90. The Labute approximate surface area is 119 Å². The Morgan fingerprint density at radius 2 is 1.85 bits per heavy atom. The zero-order valence-corrected chi connectivity index (χ0v) is 12.4. The van der Waals surface area contributed by atoms with Crippen molar-refractivity contribution in [2.75, 3.05) is 0 Å². The Bertz CT molecular complexity index is 504. The van der Waals surface area contributed by atoms with Crippen LogP contribution in [0.1, 0.15) is 45.7 Å². The molecule has 2 atom stereocenters. The second-order valence-electron chi connectivity index (χ2n) is 6.25. The number of hydrogen-bond donors (Lipinski definition) is 0. The summed E-state index contributed by atoms with van der Waals surface area (Å²) in [5.74, 6) is -0.319. The van der Waals surface area contributed by atoms with Crippen molar-refractivity contribution in [3.63, 3.8) is 0 Å². The van der Waals surface area contributed by atoms with E-state index in [0.717, 1.165) is 5.56 Å². The summed E-state index contributed by atoms with van der Waals surface area (Å²) >= 11 is 0. The van der Waals surface area contributed by atoms with E-state index in [1.807, 2.05) is 37.3 Å². The molecule has 108 valence electrons. The second kappa shape index (κ2) is 5.27. The molecule has 1 fully saturated rings. The van der Waals surface area contributed by atoms with Gasteiger partial charge in [-0.1, -0.05) is 37.3 Å². The summed E-state index contributed by atoms with van der Waals surface area (Å²) in [5, 5.41) is 0. The largest absolute Gasteiger partial charge is 0.443 e. The molecule has 1 aromatic carbocycles. The molecule has 4 nitrogen and oxygen atoms in total. The molecule has 2 amide bonds. The van der Waals surface area contributed by atoms with E-state index in [-0.39, 0.29) is 17.9 Å². The standard InChI is InChI=1S/C16H21NO3/c1-11-10-13(12-8-6-5-7-9-12)17(14(11)18)15(19)20-16(2,3)4/h5-9,11,13H,10H2,1-4H3/t11-,13+/m0/s1. The number of likely N-dealkylation sites (tertiary alicyclic amines) is 1. The first kappa shape index (κ1) is 14.6. The van der Waals surface area contributed by atoms with E-state index in [4.69, 9.17) is 4.74 Å². The van der Waals surface area contributed by atoms with E-state index >= 15 is 0 Å². The molecule has 1 aliphatic rings. The monoisotopic (exact) mass is 275 g/mol. The van der Waals surface area contributed by atoms with Crippen molar-refractivity contribution in [2.45, 2.75) is 45.8 Å². The van der Waals surface area contributed by atoms with Gasteiger partial charge in [0.25, 0.3) is 0 Å². The Morgan fingerprint density at radius 1 is 1.25 bits per heavy atom. The van der Waals surface area contributed by atoms with Crippen molar-refractivity contribution in [3.05, 3.63) is 35.9 Å². The summed E-state index contributed by atoms with van der Waals surface area (Å²) in [7, 11) is 0. The minimum atomic E-state index is -0.607. The number of imide groups is 1. The summed E-state index contributed by atoms with van der Waals surface area (Å²) in [6.07, 6.45) is 0.0861. The van der Waals surface area contributed by atoms with Crippen LogP contribution in [0.2, 0.25) is 0 Å². The molecule has 0 saturated carbocycles. The van der Waals surface area contributed by atoms with E-state index in [0.29, 0.717) is 6.42 Å². The predicted molar refractivity (Wildman–Crippen MR) is 76.0 cm³/mol. The lowest BCUT2D eigenvalue weighted by atomic mass is 10.0. The van der Waals surface area contributed by atoms with Crippen molar-refractivity contribution in [3.8, 4) is 0 Å². The first-order valence-electron chi connectivity index (χ1n) is 6.90. The lowest BCUT2D eigenvalue weighted by Crippen LogP contribution is -2.39. The van der Waals surface area contributed by atoms with Gasteiger partial charge in [0.2, 0.25) is 5.91 Å². The number of benzene rings is 1. The van der Waals surface area contributed by atoms with Gasteiger partial charge in [-0.05, 0) is 32.8 Å². The highest BCUT2D eigenvalue weighted by atomic mass is 16.6. The Morgan fingerprint density at radius 3 is 2.40 bits per heavy atom. The molecule has 0 aliphatic carbocycles. The zero-order chi connectivity index (χ0) is 14.9. The summed E-state index contributed by atoms with van der Waals surface area (Å²) in [6, 6.07) is 9.39. The van der Waals surface area contributed by atoms with Crippen molar-refractivity contribution in [1.82, 2.24) is 4.90 Å². The molecular formula is C16H21NO3. The number of ether oxygens (including phenoxy) is 1. The predicted octanol–water partition coefficient (Wildman–Crippen LogP) is 3.53. The number of nitrogens with zero attached hydrogens (tertiary/aromatic N) is 1. The molecule has 4 heteroatoms. The van der Waals surface area contributed by atoms with Crippen LogP contribution in [0.4, 0.5) is 4.79 Å². The molecule has 0 spiro atoms. The molecule has 1 aromatic rings. The average molecular weight is 275 g/mol. The average Bonchev–Trinajstić information content (AvgIpc) is 2.65. The fraction of sp³-hybridized carbons (Fsp3) is 0.500. The van der Waals surface area contributed by atoms with Gasteiger partial charge in [0.1, 0.15) is 5.60 Å². The minimum absolute atomic E-state index is 0.159. The summed E-state index contributed by atoms with van der Waals surface area (Å²) < 4.78 is 5.36. The van der Waals surface area contributed by atoms with E-state index in [9.17, 15) is 9.59 Å². The molecule has 0 unspecified atom stereocenters. The highest BCUT2D eigenvalue weighted by Gasteiger charge is 2.43. The van der Waals surface area contributed by atoms with Gasteiger partial charge in [-0.2, -0.15) is 0 Å². The molecule has 0 aromatic heterocycles. The highest BCUT2D eigenvalue weighted by Crippen LogP contribution is 2.37. The molecule has 1 aliphatic heterocycles. The Balaban J connectivity index is 2.27. The summed E-state index contributed by atoms with van der Waals surface area (Å²) in [5.41, 5.74) is 0.362. The number of amides is 2. The van der Waals surface area contributed by atoms with Gasteiger partial charge in [-0.25, -0.2) is 9.69 Å². The molecule has 1 saturated heterocycles. The number of carbonyl (C=O) groups excluding carboxylic acids is 2. The van der Waals surface area contributed by atoms with Gasteiger partial charge in [0, 0.05) is 5.92 Å². The fourth-order valence-corrected chi connectivity index (χ4v) is 2.42. The van der Waals surface area contributed by atoms with Crippen molar-refractivity contribution in [1.29, 1.82) is 0 Å². The van der Waals surface area contributed by atoms with E-state index in [1.54, 1.807) is 20.8 Å². The van der Waals surface area contributed by atoms with Crippen molar-refractivity contribution < 1.29 is 14.3 Å². The van der Waals surface area contributed by atoms with Crippen LogP contribution in [0.5, 0.6) is 0 Å². The van der Waals surface area contributed by atoms with E-state index < -0.39 is 11.7 Å². The number of rotatable bonds is 1. The second-order valence-corrected chi connectivity index (χ2v) is 6.25. The normalized spacial score (nSPS) is 23.0. The molecule has 0 radical (unpaired) electrons. The van der Waals surface area contributed by atoms with Crippen molar-refractivity contribution in [2.24, 2.45) is 5.92 Å². The lowest BCUT2D eigenvalue weighted by molar-refractivity contribution is -0.130. The third kappa shape index (κ3) is 3.00. The summed E-state index contributed by atoms with van der Waals surface area (Å²) in [4.78, 5) is 25.8. The van der Waals surface area contributed by atoms with Gasteiger partial charge >= 0.3 is 6.09 Å².